The third-order valence-corrected chi connectivity index (χ3v) is 3.65. The summed E-state index contributed by atoms with van der Waals surface area (Å²) in [6.45, 7) is 0.773. The van der Waals surface area contributed by atoms with Gasteiger partial charge in [0.15, 0.2) is 0 Å². The van der Waals surface area contributed by atoms with Crippen LogP contribution < -0.4 is 5.73 Å². The molecule has 4 heteroatoms. The molecule has 0 saturated carbocycles. The van der Waals surface area contributed by atoms with E-state index in [4.69, 9.17) is 10.5 Å². The maximum Gasteiger partial charge on any atom is 0.114 e. The van der Waals surface area contributed by atoms with Crippen molar-refractivity contribution in [3.05, 3.63) is 32.6 Å². The van der Waals surface area contributed by atoms with Crippen LogP contribution in [0.15, 0.2) is 27.8 Å². The van der Waals surface area contributed by atoms with Gasteiger partial charge in [-0.2, -0.15) is 0 Å². The van der Waals surface area contributed by atoms with Crippen molar-refractivity contribution >= 4 is 27.3 Å². The lowest BCUT2D eigenvalue weighted by atomic mass is 10.2. The summed E-state index contributed by atoms with van der Waals surface area (Å²) < 4.78 is 6.51. The summed E-state index contributed by atoms with van der Waals surface area (Å²) in [6, 6.07) is 3.95. The first-order valence-electron chi connectivity index (χ1n) is 4.11. The number of thiophene rings is 1. The predicted molar refractivity (Wildman–Crippen MR) is 57.6 cm³/mol. The molecule has 2 N–H and O–H groups in total. The van der Waals surface area contributed by atoms with E-state index in [0.717, 1.165) is 27.5 Å². The SMILES string of the molecule is NC(C1=CCCO1)c1ccc(Br)s1. The van der Waals surface area contributed by atoms with Crippen molar-refractivity contribution in [2.24, 2.45) is 5.73 Å². The van der Waals surface area contributed by atoms with Crippen molar-refractivity contribution in [1.82, 2.24) is 0 Å². The molecule has 70 valence electrons. The van der Waals surface area contributed by atoms with Crippen LogP contribution in [0.5, 0.6) is 0 Å². The van der Waals surface area contributed by atoms with E-state index in [1.54, 1.807) is 11.3 Å². The first-order chi connectivity index (χ1) is 6.27. The molecule has 13 heavy (non-hydrogen) atoms. The molecular weight excluding hydrogens is 250 g/mol. The van der Waals surface area contributed by atoms with E-state index < -0.39 is 0 Å². The molecule has 0 bridgehead atoms. The molecule has 2 heterocycles. The molecule has 1 aromatic heterocycles. The van der Waals surface area contributed by atoms with Crippen LogP contribution in [-0.4, -0.2) is 6.61 Å². The zero-order chi connectivity index (χ0) is 9.26. The highest BCUT2D eigenvalue weighted by Gasteiger charge is 2.17. The van der Waals surface area contributed by atoms with E-state index in [1.807, 2.05) is 12.1 Å². The standard InChI is InChI=1S/C9H10BrNOS/c10-8-4-3-7(13-8)9(11)6-2-1-5-12-6/h2-4,9H,1,5,11H2. The Hall–Kier alpha value is -0.320. The van der Waals surface area contributed by atoms with Crippen molar-refractivity contribution in [2.45, 2.75) is 12.5 Å². The third kappa shape index (κ3) is 1.95. The molecule has 2 nitrogen and oxygen atoms in total. The molecule has 0 amide bonds. The molecule has 1 aromatic rings. The smallest absolute Gasteiger partial charge is 0.114 e. The van der Waals surface area contributed by atoms with E-state index >= 15 is 0 Å². The van der Waals surface area contributed by atoms with Gasteiger partial charge in [0.05, 0.1) is 16.4 Å². The first-order valence-corrected chi connectivity index (χ1v) is 5.72. The van der Waals surface area contributed by atoms with Crippen LogP contribution in [0.3, 0.4) is 0 Å². The highest BCUT2D eigenvalue weighted by atomic mass is 79.9. The minimum Gasteiger partial charge on any atom is -0.496 e. The summed E-state index contributed by atoms with van der Waals surface area (Å²) in [5, 5.41) is 0. The monoisotopic (exact) mass is 259 g/mol. The van der Waals surface area contributed by atoms with Gasteiger partial charge < -0.3 is 10.5 Å². The van der Waals surface area contributed by atoms with Gasteiger partial charge in [-0.1, -0.05) is 0 Å². The molecule has 1 aliphatic heterocycles. The highest BCUT2D eigenvalue weighted by molar-refractivity contribution is 9.11. The van der Waals surface area contributed by atoms with Gasteiger partial charge in [-0.05, 0) is 34.1 Å². The van der Waals surface area contributed by atoms with Gasteiger partial charge in [-0.25, -0.2) is 0 Å². The van der Waals surface area contributed by atoms with Gasteiger partial charge in [0, 0.05) is 11.3 Å². The Morgan fingerprint density at radius 1 is 1.54 bits per heavy atom. The highest BCUT2D eigenvalue weighted by Crippen LogP contribution is 2.31. The minimum absolute atomic E-state index is 0.0844. The van der Waals surface area contributed by atoms with E-state index in [1.165, 1.54) is 0 Å². The molecular formula is C9H10BrNOS. The number of hydrogen-bond donors (Lipinski definition) is 1. The topological polar surface area (TPSA) is 35.2 Å². The van der Waals surface area contributed by atoms with Crippen LogP contribution in [0.2, 0.25) is 0 Å². The van der Waals surface area contributed by atoms with Crippen molar-refractivity contribution < 1.29 is 4.74 Å². The quantitative estimate of drug-likeness (QED) is 0.887. The first kappa shape index (κ1) is 9.24. The maximum absolute atomic E-state index is 6.01. The molecule has 0 aromatic carbocycles. The third-order valence-electron chi connectivity index (χ3n) is 1.94. The molecule has 0 radical (unpaired) electrons. The summed E-state index contributed by atoms with van der Waals surface area (Å²) in [4.78, 5) is 1.14. The normalized spacial score (nSPS) is 18.2. The average molecular weight is 260 g/mol. The van der Waals surface area contributed by atoms with Crippen molar-refractivity contribution in [3.63, 3.8) is 0 Å². The summed E-state index contributed by atoms with van der Waals surface area (Å²) in [5.41, 5.74) is 6.01. The molecule has 1 atom stereocenters. The van der Waals surface area contributed by atoms with E-state index in [2.05, 4.69) is 22.0 Å². The largest absolute Gasteiger partial charge is 0.496 e. The average Bonchev–Trinajstić information content (AvgIpc) is 2.72. The summed E-state index contributed by atoms with van der Waals surface area (Å²) >= 11 is 5.07. The fourth-order valence-electron chi connectivity index (χ4n) is 1.29. The van der Waals surface area contributed by atoms with Crippen molar-refractivity contribution in [2.75, 3.05) is 6.61 Å². The fraction of sp³-hybridized carbons (Fsp3) is 0.333. The Labute approximate surface area is 89.5 Å². The van der Waals surface area contributed by atoms with Crippen LogP contribution in [0, 0.1) is 0 Å². The predicted octanol–water partition coefficient (Wildman–Crippen LogP) is 2.81. The van der Waals surface area contributed by atoms with Crippen LogP contribution in [-0.2, 0) is 4.74 Å². The fourth-order valence-corrected chi connectivity index (χ4v) is 2.72. The van der Waals surface area contributed by atoms with Crippen molar-refractivity contribution in [3.8, 4) is 0 Å². The molecule has 0 fully saturated rings. The molecule has 1 unspecified atom stereocenters. The van der Waals surface area contributed by atoms with Gasteiger partial charge in [0.1, 0.15) is 5.76 Å². The van der Waals surface area contributed by atoms with Gasteiger partial charge in [0.25, 0.3) is 0 Å². The second-order valence-electron chi connectivity index (χ2n) is 2.86. The number of ether oxygens (including phenoxy) is 1. The summed E-state index contributed by atoms with van der Waals surface area (Å²) in [6.07, 6.45) is 3.05. The lowest BCUT2D eigenvalue weighted by Crippen LogP contribution is -2.11. The van der Waals surface area contributed by atoms with Crippen molar-refractivity contribution in [1.29, 1.82) is 0 Å². The number of hydrogen-bond acceptors (Lipinski definition) is 3. The van der Waals surface area contributed by atoms with E-state index in [0.29, 0.717) is 0 Å². The Morgan fingerprint density at radius 3 is 2.92 bits per heavy atom. The molecule has 0 saturated heterocycles. The minimum atomic E-state index is -0.0844. The summed E-state index contributed by atoms with van der Waals surface area (Å²) in [7, 11) is 0. The van der Waals surface area contributed by atoms with Gasteiger partial charge >= 0.3 is 0 Å². The number of halogens is 1. The molecule has 1 aliphatic rings. The molecule has 2 rings (SSSR count). The summed E-state index contributed by atoms with van der Waals surface area (Å²) in [5.74, 6) is 0.911. The van der Waals surface area contributed by atoms with Crippen LogP contribution >= 0.6 is 27.3 Å². The number of rotatable bonds is 2. The van der Waals surface area contributed by atoms with Gasteiger partial charge in [-0.15, -0.1) is 11.3 Å². The van der Waals surface area contributed by atoms with Gasteiger partial charge in [0.2, 0.25) is 0 Å². The Balaban J connectivity index is 2.16. The zero-order valence-electron chi connectivity index (χ0n) is 7.00. The second-order valence-corrected chi connectivity index (χ2v) is 5.36. The Bertz CT molecular complexity index is 334. The lowest BCUT2D eigenvalue weighted by Gasteiger charge is -2.10. The van der Waals surface area contributed by atoms with Crippen LogP contribution in [0.25, 0.3) is 0 Å². The van der Waals surface area contributed by atoms with Gasteiger partial charge in [-0.3, -0.25) is 0 Å². The lowest BCUT2D eigenvalue weighted by molar-refractivity contribution is 0.226. The Kier molecular flexibility index (Phi) is 2.71. The number of nitrogens with two attached hydrogens (primary N) is 1. The molecule has 0 aliphatic carbocycles. The van der Waals surface area contributed by atoms with Crippen LogP contribution in [0.1, 0.15) is 17.3 Å². The zero-order valence-corrected chi connectivity index (χ0v) is 9.40. The van der Waals surface area contributed by atoms with E-state index in [9.17, 15) is 0 Å². The molecule has 0 spiro atoms. The van der Waals surface area contributed by atoms with Crippen LogP contribution in [0.4, 0.5) is 0 Å². The van der Waals surface area contributed by atoms with E-state index in [-0.39, 0.29) is 6.04 Å². The maximum atomic E-state index is 6.01. The second kappa shape index (κ2) is 3.82. The Morgan fingerprint density at radius 2 is 2.38 bits per heavy atom.